The number of benzene rings is 1. The molecule has 1 aliphatic heterocycles. The van der Waals surface area contributed by atoms with Gasteiger partial charge in [0.1, 0.15) is 16.9 Å². The summed E-state index contributed by atoms with van der Waals surface area (Å²) in [6.07, 6.45) is 3.43. The SMILES string of the molecule is COc1ccc2cc(C(=O)CN3CCN(c4ncccn4)CC3)c(=O)oc2c1. The first-order chi connectivity index (χ1) is 13.6. The van der Waals surface area contributed by atoms with E-state index in [2.05, 4.69) is 14.9 Å². The zero-order valence-electron chi connectivity index (χ0n) is 15.5. The van der Waals surface area contributed by atoms with Crippen molar-refractivity contribution in [3.63, 3.8) is 0 Å². The zero-order chi connectivity index (χ0) is 19.5. The normalized spacial score (nSPS) is 15.0. The summed E-state index contributed by atoms with van der Waals surface area (Å²) in [6, 6.07) is 8.55. The summed E-state index contributed by atoms with van der Waals surface area (Å²) in [6.45, 7) is 3.02. The van der Waals surface area contributed by atoms with Gasteiger partial charge in [-0.3, -0.25) is 9.69 Å². The number of anilines is 1. The molecule has 0 saturated carbocycles. The molecule has 0 spiro atoms. The molecule has 0 unspecified atom stereocenters. The predicted molar refractivity (Wildman–Crippen MR) is 104 cm³/mol. The second-order valence-corrected chi connectivity index (χ2v) is 6.59. The molecule has 0 aliphatic carbocycles. The molecule has 1 saturated heterocycles. The molecular formula is C20H20N4O4. The van der Waals surface area contributed by atoms with Gasteiger partial charge in [-0.15, -0.1) is 0 Å². The molecule has 0 N–H and O–H groups in total. The summed E-state index contributed by atoms with van der Waals surface area (Å²) in [4.78, 5) is 37.6. The Morgan fingerprint density at radius 3 is 2.61 bits per heavy atom. The fourth-order valence-corrected chi connectivity index (χ4v) is 3.26. The third-order valence-corrected chi connectivity index (χ3v) is 4.82. The molecule has 0 bridgehead atoms. The Bertz CT molecular complexity index is 1040. The first kappa shape index (κ1) is 18.1. The van der Waals surface area contributed by atoms with E-state index >= 15 is 0 Å². The molecule has 8 heteroatoms. The van der Waals surface area contributed by atoms with Gasteiger partial charge in [-0.25, -0.2) is 14.8 Å². The highest BCUT2D eigenvalue weighted by Gasteiger charge is 2.22. The monoisotopic (exact) mass is 380 g/mol. The Balaban J connectivity index is 1.44. The number of methoxy groups -OCH3 is 1. The first-order valence-electron chi connectivity index (χ1n) is 9.03. The van der Waals surface area contributed by atoms with E-state index in [0.29, 0.717) is 35.8 Å². The molecule has 0 radical (unpaired) electrons. The molecule has 4 rings (SSSR count). The number of hydrogen-bond donors (Lipinski definition) is 0. The fraction of sp³-hybridized carbons (Fsp3) is 0.300. The molecule has 1 fully saturated rings. The van der Waals surface area contributed by atoms with Gasteiger partial charge in [0.25, 0.3) is 0 Å². The lowest BCUT2D eigenvalue weighted by molar-refractivity contribution is 0.0922. The number of rotatable bonds is 5. The number of Topliss-reactive ketones (excluding diaryl/α,β-unsaturated/α-hetero) is 1. The van der Waals surface area contributed by atoms with Crippen molar-refractivity contribution >= 4 is 22.7 Å². The lowest BCUT2D eigenvalue weighted by Gasteiger charge is -2.34. The Morgan fingerprint density at radius 2 is 1.89 bits per heavy atom. The summed E-state index contributed by atoms with van der Waals surface area (Å²) in [5.74, 6) is 1.05. The quantitative estimate of drug-likeness (QED) is 0.487. The van der Waals surface area contributed by atoms with Crippen LogP contribution in [0.3, 0.4) is 0 Å². The second kappa shape index (κ2) is 7.77. The summed E-state index contributed by atoms with van der Waals surface area (Å²) < 4.78 is 10.5. The highest BCUT2D eigenvalue weighted by atomic mass is 16.5. The number of hydrogen-bond acceptors (Lipinski definition) is 8. The summed E-state index contributed by atoms with van der Waals surface area (Å²) >= 11 is 0. The van der Waals surface area contributed by atoms with Crippen molar-refractivity contribution in [1.82, 2.24) is 14.9 Å². The van der Waals surface area contributed by atoms with E-state index in [1.54, 1.807) is 49.8 Å². The summed E-state index contributed by atoms with van der Waals surface area (Å²) in [5.41, 5.74) is -0.147. The minimum absolute atomic E-state index is 0.0755. The number of ketones is 1. The number of nitrogens with zero attached hydrogens (tertiary/aromatic N) is 4. The van der Waals surface area contributed by atoms with Crippen LogP contribution in [0.5, 0.6) is 5.75 Å². The maximum Gasteiger partial charge on any atom is 0.347 e. The van der Waals surface area contributed by atoms with Gasteiger partial charge in [-0.2, -0.15) is 0 Å². The number of carbonyl (C=O) groups is 1. The molecule has 3 heterocycles. The lowest BCUT2D eigenvalue weighted by atomic mass is 10.1. The Hall–Kier alpha value is -3.26. The van der Waals surface area contributed by atoms with E-state index < -0.39 is 5.63 Å². The van der Waals surface area contributed by atoms with Crippen LogP contribution in [-0.2, 0) is 0 Å². The van der Waals surface area contributed by atoms with Gasteiger partial charge in [-0.05, 0) is 24.3 Å². The van der Waals surface area contributed by atoms with Gasteiger partial charge in [0.2, 0.25) is 5.95 Å². The Kier molecular flexibility index (Phi) is 5.03. The van der Waals surface area contributed by atoms with E-state index in [9.17, 15) is 9.59 Å². The van der Waals surface area contributed by atoms with E-state index in [1.807, 2.05) is 4.90 Å². The molecule has 3 aromatic rings. The number of piperazine rings is 1. The van der Waals surface area contributed by atoms with Gasteiger partial charge in [0.05, 0.1) is 13.7 Å². The lowest BCUT2D eigenvalue weighted by Crippen LogP contribution is -2.48. The van der Waals surface area contributed by atoms with E-state index in [0.717, 1.165) is 13.1 Å². The highest BCUT2D eigenvalue weighted by Crippen LogP contribution is 2.20. The van der Waals surface area contributed by atoms with Crippen molar-refractivity contribution in [2.24, 2.45) is 0 Å². The third-order valence-electron chi connectivity index (χ3n) is 4.82. The third kappa shape index (κ3) is 3.72. The van der Waals surface area contributed by atoms with Crippen LogP contribution in [0.15, 0.2) is 51.9 Å². The fourth-order valence-electron chi connectivity index (χ4n) is 3.26. The maximum atomic E-state index is 12.7. The molecule has 8 nitrogen and oxygen atoms in total. The van der Waals surface area contributed by atoms with E-state index in [4.69, 9.17) is 9.15 Å². The van der Waals surface area contributed by atoms with Crippen LogP contribution >= 0.6 is 0 Å². The standard InChI is InChI=1S/C20H20N4O4/c1-27-15-4-3-14-11-16(19(26)28-18(14)12-15)17(25)13-23-7-9-24(10-8-23)20-21-5-2-6-22-20/h2-6,11-12H,7-10,13H2,1H3. The topological polar surface area (TPSA) is 88.8 Å². The minimum atomic E-state index is -0.623. The molecule has 28 heavy (non-hydrogen) atoms. The van der Waals surface area contributed by atoms with Crippen molar-refractivity contribution in [3.05, 3.63) is 58.7 Å². The van der Waals surface area contributed by atoms with Gasteiger partial charge >= 0.3 is 5.63 Å². The highest BCUT2D eigenvalue weighted by molar-refractivity contribution is 5.99. The van der Waals surface area contributed by atoms with Crippen LogP contribution < -0.4 is 15.3 Å². The molecule has 0 amide bonds. The van der Waals surface area contributed by atoms with Crippen LogP contribution in [0.2, 0.25) is 0 Å². The largest absolute Gasteiger partial charge is 0.497 e. The zero-order valence-corrected chi connectivity index (χ0v) is 15.5. The first-order valence-corrected chi connectivity index (χ1v) is 9.03. The van der Waals surface area contributed by atoms with Gasteiger partial charge in [0.15, 0.2) is 5.78 Å². The average Bonchev–Trinajstić information content (AvgIpc) is 2.74. The number of aromatic nitrogens is 2. The van der Waals surface area contributed by atoms with E-state index in [1.165, 1.54) is 0 Å². The van der Waals surface area contributed by atoms with Crippen molar-refractivity contribution < 1.29 is 13.9 Å². The summed E-state index contributed by atoms with van der Waals surface area (Å²) in [5, 5.41) is 0.690. The van der Waals surface area contributed by atoms with Gasteiger partial charge < -0.3 is 14.1 Å². The molecule has 0 atom stereocenters. The molecule has 144 valence electrons. The average molecular weight is 380 g/mol. The number of fused-ring (bicyclic) bond motifs is 1. The molecule has 1 aliphatic rings. The Labute approximate surface area is 161 Å². The molecular weight excluding hydrogens is 360 g/mol. The molecule has 1 aromatic carbocycles. The number of carbonyl (C=O) groups excluding carboxylic acids is 1. The second-order valence-electron chi connectivity index (χ2n) is 6.59. The molecule has 2 aromatic heterocycles. The smallest absolute Gasteiger partial charge is 0.347 e. The number of ether oxygens (including phenoxy) is 1. The Morgan fingerprint density at radius 1 is 1.14 bits per heavy atom. The minimum Gasteiger partial charge on any atom is -0.497 e. The van der Waals surface area contributed by atoms with Crippen LogP contribution in [0, 0.1) is 0 Å². The van der Waals surface area contributed by atoms with Gasteiger partial charge in [0, 0.05) is 50.0 Å². The van der Waals surface area contributed by atoms with Crippen molar-refractivity contribution in [2.45, 2.75) is 0 Å². The maximum absolute atomic E-state index is 12.7. The van der Waals surface area contributed by atoms with Gasteiger partial charge in [-0.1, -0.05) is 0 Å². The van der Waals surface area contributed by atoms with Crippen molar-refractivity contribution in [3.8, 4) is 5.75 Å². The van der Waals surface area contributed by atoms with Crippen molar-refractivity contribution in [2.75, 3.05) is 44.7 Å². The van der Waals surface area contributed by atoms with Crippen LogP contribution in [0.1, 0.15) is 10.4 Å². The van der Waals surface area contributed by atoms with Crippen molar-refractivity contribution in [1.29, 1.82) is 0 Å². The van der Waals surface area contributed by atoms with E-state index in [-0.39, 0.29) is 17.9 Å². The van der Waals surface area contributed by atoms with Crippen LogP contribution in [0.4, 0.5) is 5.95 Å². The van der Waals surface area contributed by atoms with Crippen LogP contribution in [-0.4, -0.2) is 60.5 Å². The summed E-state index contributed by atoms with van der Waals surface area (Å²) in [7, 11) is 1.54. The van der Waals surface area contributed by atoms with Crippen LogP contribution in [0.25, 0.3) is 11.0 Å². The predicted octanol–water partition coefficient (Wildman–Crippen LogP) is 1.60.